The molecule has 1 saturated heterocycles. The predicted molar refractivity (Wildman–Crippen MR) is 96.8 cm³/mol. The lowest BCUT2D eigenvalue weighted by atomic mass is 10.1. The molecule has 0 atom stereocenters. The summed E-state index contributed by atoms with van der Waals surface area (Å²) in [5.74, 6) is 0.724. The summed E-state index contributed by atoms with van der Waals surface area (Å²) in [7, 11) is 0. The van der Waals surface area contributed by atoms with Gasteiger partial charge in [0, 0.05) is 31.9 Å². The van der Waals surface area contributed by atoms with Crippen LogP contribution >= 0.6 is 0 Å². The number of hydrogen-bond donors (Lipinski definition) is 0. The van der Waals surface area contributed by atoms with E-state index in [0.717, 1.165) is 26.2 Å². The van der Waals surface area contributed by atoms with Crippen molar-refractivity contribution in [3.05, 3.63) is 60.2 Å². The monoisotopic (exact) mass is 324 g/mol. The van der Waals surface area contributed by atoms with Gasteiger partial charge >= 0.3 is 0 Å². The van der Waals surface area contributed by atoms with E-state index < -0.39 is 0 Å². The maximum Gasteiger partial charge on any atom is 0.257 e. The highest BCUT2D eigenvalue weighted by atomic mass is 16.5. The van der Waals surface area contributed by atoms with Gasteiger partial charge in [-0.15, -0.1) is 0 Å². The van der Waals surface area contributed by atoms with E-state index >= 15 is 0 Å². The molecule has 2 aromatic rings. The summed E-state index contributed by atoms with van der Waals surface area (Å²) in [4.78, 5) is 17.1. The molecule has 1 aliphatic rings. The first-order chi connectivity index (χ1) is 11.6. The quantitative estimate of drug-likeness (QED) is 0.864. The Morgan fingerprint density at radius 3 is 2.21 bits per heavy atom. The number of carbonyl (C=O) groups excluding carboxylic acids is 1. The van der Waals surface area contributed by atoms with Gasteiger partial charge < -0.3 is 14.5 Å². The van der Waals surface area contributed by atoms with Gasteiger partial charge in [0.2, 0.25) is 0 Å². The Bertz CT molecular complexity index is 677. The highest BCUT2D eigenvalue weighted by Gasteiger charge is 2.24. The summed E-state index contributed by atoms with van der Waals surface area (Å²) in [6, 6.07) is 17.9. The maximum absolute atomic E-state index is 12.9. The molecule has 0 radical (unpaired) electrons. The van der Waals surface area contributed by atoms with E-state index in [-0.39, 0.29) is 12.0 Å². The molecule has 4 heteroatoms. The van der Waals surface area contributed by atoms with Crippen molar-refractivity contribution in [3.63, 3.8) is 0 Å². The molecule has 2 aromatic carbocycles. The molecule has 0 spiro atoms. The van der Waals surface area contributed by atoms with Crippen LogP contribution in [-0.2, 0) is 0 Å². The standard InChI is InChI=1S/C20H24N2O2/c1-16(2)24-19-11-7-6-10-18(19)20(23)22-14-12-21(13-15-22)17-8-4-3-5-9-17/h3-11,16H,12-15H2,1-2H3. The van der Waals surface area contributed by atoms with Gasteiger partial charge in [-0.1, -0.05) is 30.3 Å². The molecular weight excluding hydrogens is 300 g/mol. The van der Waals surface area contributed by atoms with Crippen LogP contribution in [0.3, 0.4) is 0 Å². The Balaban J connectivity index is 1.68. The highest BCUT2D eigenvalue weighted by molar-refractivity contribution is 5.97. The van der Waals surface area contributed by atoms with Crippen molar-refractivity contribution in [2.45, 2.75) is 20.0 Å². The molecule has 3 rings (SSSR count). The number of para-hydroxylation sites is 2. The highest BCUT2D eigenvalue weighted by Crippen LogP contribution is 2.23. The fourth-order valence-corrected chi connectivity index (χ4v) is 2.98. The van der Waals surface area contributed by atoms with Crippen LogP contribution in [-0.4, -0.2) is 43.1 Å². The predicted octanol–water partition coefficient (Wildman–Crippen LogP) is 3.44. The zero-order valence-electron chi connectivity index (χ0n) is 14.3. The van der Waals surface area contributed by atoms with Crippen LogP contribution in [0.4, 0.5) is 5.69 Å². The summed E-state index contributed by atoms with van der Waals surface area (Å²) < 4.78 is 5.79. The van der Waals surface area contributed by atoms with Crippen LogP contribution in [0.25, 0.3) is 0 Å². The van der Waals surface area contributed by atoms with Crippen LogP contribution in [0.1, 0.15) is 24.2 Å². The third kappa shape index (κ3) is 3.70. The number of nitrogens with zero attached hydrogens (tertiary/aromatic N) is 2. The van der Waals surface area contributed by atoms with E-state index in [1.807, 2.05) is 61.2 Å². The Morgan fingerprint density at radius 2 is 1.54 bits per heavy atom. The minimum Gasteiger partial charge on any atom is -0.490 e. The zero-order valence-corrected chi connectivity index (χ0v) is 14.3. The van der Waals surface area contributed by atoms with E-state index in [1.54, 1.807) is 0 Å². The molecular formula is C20H24N2O2. The molecule has 126 valence electrons. The fraction of sp³-hybridized carbons (Fsp3) is 0.350. The summed E-state index contributed by atoms with van der Waals surface area (Å²) in [5, 5.41) is 0. The zero-order chi connectivity index (χ0) is 16.9. The van der Waals surface area contributed by atoms with Gasteiger partial charge in [-0.3, -0.25) is 4.79 Å². The average molecular weight is 324 g/mol. The average Bonchev–Trinajstić information content (AvgIpc) is 2.62. The number of amides is 1. The van der Waals surface area contributed by atoms with Crippen molar-refractivity contribution in [1.82, 2.24) is 4.90 Å². The second kappa shape index (κ2) is 7.39. The Hall–Kier alpha value is -2.49. The molecule has 1 fully saturated rings. The SMILES string of the molecule is CC(C)Oc1ccccc1C(=O)N1CCN(c2ccccc2)CC1. The first kappa shape index (κ1) is 16.4. The third-order valence-corrected chi connectivity index (χ3v) is 4.17. The van der Waals surface area contributed by atoms with Gasteiger partial charge in [-0.2, -0.15) is 0 Å². The summed E-state index contributed by atoms with van der Waals surface area (Å²) in [5.41, 5.74) is 1.87. The van der Waals surface area contributed by atoms with Gasteiger partial charge in [-0.25, -0.2) is 0 Å². The number of benzene rings is 2. The van der Waals surface area contributed by atoms with Crippen molar-refractivity contribution in [2.24, 2.45) is 0 Å². The first-order valence-corrected chi connectivity index (χ1v) is 8.50. The third-order valence-electron chi connectivity index (χ3n) is 4.17. The van der Waals surface area contributed by atoms with E-state index in [0.29, 0.717) is 11.3 Å². The van der Waals surface area contributed by atoms with Crippen molar-refractivity contribution in [3.8, 4) is 5.75 Å². The molecule has 0 unspecified atom stereocenters. The van der Waals surface area contributed by atoms with Crippen molar-refractivity contribution < 1.29 is 9.53 Å². The number of anilines is 1. The summed E-state index contributed by atoms with van der Waals surface area (Å²) in [6.45, 7) is 7.10. The van der Waals surface area contributed by atoms with Crippen LogP contribution in [0.5, 0.6) is 5.75 Å². The Morgan fingerprint density at radius 1 is 0.917 bits per heavy atom. The lowest BCUT2D eigenvalue weighted by Gasteiger charge is -2.36. The molecule has 24 heavy (non-hydrogen) atoms. The molecule has 4 nitrogen and oxygen atoms in total. The number of ether oxygens (including phenoxy) is 1. The van der Waals surface area contributed by atoms with Crippen LogP contribution in [0, 0.1) is 0 Å². The smallest absolute Gasteiger partial charge is 0.257 e. The number of rotatable bonds is 4. The second-order valence-corrected chi connectivity index (χ2v) is 6.28. The molecule has 0 bridgehead atoms. The van der Waals surface area contributed by atoms with Gasteiger partial charge in [-0.05, 0) is 38.1 Å². The first-order valence-electron chi connectivity index (χ1n) is 8.50. The molecule has 0 aromatic heterocycles. The number of carbonyl (C=O) groups is 1. The maximum atomic E-state index is 12.9. The second-order valence-electron chi connectivity index (χ2n) is 6.28. The van der Waals surface area contributed by atoms with Gasteiger partial charge in [0.15, 0.2) is 0 Å². The molecule has 0 N–H and O–H groups in total. The van der Waals surface area contributed by atoms with Gasteiger partial charge in [0.1, 0.15) is 5.75 Å². The van der Waals surface area contributed by atoms with E-state index in [2.05, 4.69) is 17.0 Å². The number of piperazine rings is 1. The van der Waals surface area contributed by atoms with Crippen molar-refractivity contribution >= 4 is 11.6 Å². The summed E-state index contributed by atoms with van der Waals surface area (Å²) in [6.07, 6.45) is 0.0499. The molecule has 0 aliphatic carbocycles. The van der Waals surface area contributed by atoms with E-state index in [9.17, 15) is 4.79 Å². The van der Waals surface area contributed by atoms with E-state index in [1.165, 1.54) is 5.69 Å². The lowest BCUT2D eigenvalue weighted by Crippen LogP contribution is -2.48. The van der Waals surface area contributed by atoms with Crippen molar-refractivity contribution in [1.29, 1.82) is 0 Å². The lowest BCUT2D eigenvalue weighted by molar-refractivity contribution is 0.0740. The van der Waals surface area contributed by atoms with E-state index in [4.69, 9.17) is 4.74 Å². The minimum atomic E-state index is 0.0499. The minimum absolute atomic E-state index is 0.0499. The largest absolute Gasteiger partial charge is 0.490 e. The van der Waals surface area contributed by atoms with Crippen molar-refractivity contribution in [2.75, 3.05) is 31.1 Å². The topological polar surface area (TPSA) is 32.8 Å². The number of hydrogen-bond acceptors (Lipinski definition) is 3. The molecule has 1 amide bonds. The Labute approximate surface area is 143 Å². The van der Waals surface area contributed by atoms with Gasteiger partial charge in [0.05, 0.1) is 11.7 Å². The molecule has 1 heterocycles. The fourth-order valence-electron chi connectivity index (χ4n) is 2.98. The van der Waals surface area contributed by atoms with Crippen LogP contribution in [0.15, 0.2) is 54.6 Å². The molecule has 1 aliphatic heterocycles. The van der Waals surface area contributed by atoms with Crippen LogP contribution in [0.2, 0.25) is 0 Å². The summed E-state index contributed by atoms with van der Waals surface area (Å²) >= 11 is 0. The Kier molecular flexibility index (Phi) is 5.04. The normalized spacial score (nSPS) is 14.8. The van der Waals surface area contributed by atoms with Crippen LogP contribution < -0.4 is 9.64 Å². The molecule has 0 saturated carbocycles. The van der Waals surface area contributed by atoms with Gasteiger partial charge in [0.25, 0.3) is 5.91 Å².